The van der Waals surface area contributed by atoms with Crippen LogP contribution in [0.4, 0.5) is 0 Å². The van der Waals surface area contributed by atoms with E-state index in [-0.39, 0.29) is 23.3 Å². The second-order valence-corrected chi connectivity index (χ2v) is 6.30. The van der Waals surface area contributed by atoms with Crippen molar-refractivity contribution in [2.45, 2.75) is 32.0 Å². The molecule has 0 spiro atoms. The number of aliphatic hydroxyl groups excluding tert-OH is 1. The SMILES string of the molecule is Cc1c(O)c(O)c(O)c2c1CO[C@H]2[C@H]1O[C@H](O)c2cc(O)c(O)c(O)c21. The third kappa shape index (κ3) is 1.96. The van der Waals surface area contributed by atoms with Gasteiger partial charge >= 0.3 is 0 Å². The maximum atomic E-state index is 10.3. The van der Waals surface area contributed by atoms with Gasteiger partial charge < -0.3 is 45.2 Å². The van der Waals surface area contributed by atoms with Crippen molar-refractivity contribution >= 4 is 0 Å². The summed E-state index contributed by atoms with van der Waals surface area (Å²) in [6.07, 6.45) is -3.68. The van der Waals surface area contributed by atoms with Crippen LogP contribution in [0.2, 0.25) is 0 Å². The quantitative estimate of drug-likeness (QED) is 0.373. The van der Waals surface area contributed by atoms with Gasteiger partial charge in [-0.1, -0.05) is 0 Å². The first-order valence-electron chi connectivity index (χ1n) is 7.73. The van der Waals surface area contributed by atoms with Gasteiger partial charge in [0.05, 0.1) is 6.61 Å². The summed E-state index contributed by atoms with van der Waals surface area (Å²) in [5.74, 6) is -3.87. The van der Waals surface area contributed by atoms with Crippen molar-refractivity contribution in [2.24, 2.45) is 0 Å². The Labute approximate surface area is 146 Å². The predicted octanol–water partition coefficient (Wildman–Crippen LogP) is 1.56. The minimum absolute atomic E-state index is 0.00438. The van der Waals surface area contributed by atoms with Gasteiger partial charge in [-0.3, -0.25) is 0 Å². The fourth-order valence-electron chi connectivity index (χ4n) is 3.58. The number of phenolic OH excluding ortho intramolecular Hbond substituents is 6. The van der Waals surface area contributed by atoms with Crippen molar-refractivity contribution in [2.75, 3.05) is 0 Å². The van der Waals surface area contributed by atoms with E-state index in [1.807, 2.05) is 0 Å². The highest BCUT2D eigenvalue weighted by Gasteiger charge is 2.46. The molecule has 7 N–H and O–H groups in total. The second kappa shape index (κ2) is 5.31. The summed E-state index contributed by atoms with van der Waals surface area (Å²) >= 11 is 0. The van der Waals surface area contributed by atoms with E-state index >= 15 is 0 Å². The molecule has 0 amide bonds. The lowest BCUT2D eigenvalue weighted by atomic mass is 9.91. The van der Waals surface area contributed by atoms with E-state index in [0.717, 1.165) is 6.07 Å². The van der Waals surface area contributed by atoms with Gasteiger partial charge in [0.15, 0.2) is 29.3 Å². The van der Waals surface area contributed by atoms with Crippen LogP contribution >= 0.6 is 0 Å². The summed E-state index contributed by atoms with van der Waals surface area (Å²) in [5.41, 5.74) is 0.940. The van der Waals surface area contributed by atoms with Crippen LogP contribution < -0.4 is 0 Å². The summed E-state index contributed by atoms with van der Waals surface area (Å²) in [7, 11) is 0. The van der Waals surface area contributed by atoms with Gasteiger partial charge in [-0.2, -0.15) is 0 Å². The van der Waals surface area contributed by atoms with E-state index in [1.165, 1.54) is 0 Å². The molecule has 0 aromatic heterocycles. The Balaban J connectivity index is 1.89. The van der Waals surface area contributed by atoms with Crippen molar-refractivity contribution in [3.8, 4) is 34.5 Å². The van der Waals surface area contributed by atoms with E-state index in [2.05, 4.69) is 0 Å². The number of aromatic hydroxyl groups is 6. The highest BCUT2D eigenvalue weighted by molar-refractivity contribution is 5.65. The summed E-state index contributed by atoms with van der Waals surface area (Å²) in [6, 6.07) is 1.06. The van der Waals surface area contributed by atoms with Crippen molar-refractivity contribution in [3.05, 3.63) is 33.9 Å². The fraction of sp³-hybridized carbons (Fsp3) is 0.294. The Kier molecular flexibility index (Phi) is 3.38. The highest BCUT2D eigenvalue weighted by atomic mass is 16.6. The Morgan fingerprint density at radius 1 is 0.846 bits per heavy atom. The number of hydrogen-bond donors (Lipinski definition) is 7. The van der Waals surface area contributed by atoms with Gasteiger partial charge in [-0.05, 0) is 18.6 Å². The number of fused-ring (bicyclic) bond motifs is 2. The van der Waals surface area contributed by atoms with Crippen molar-refractivity contribution < 1.29 is 45.2 Å². The Hall–Kier alpha value is -2.88. The topological polar surface area (TPSA) is 160 Å². The van der Waals surface area contributed by atoms with Gasteiger partial charge in [0.25, 0.3) is 0 Å². The molecule has 4 rings (SSSR count). The first kappa shape index (κ1) is 16.6. The average Bonchev–Trinajstić information content (AvgIpc) is 3.18. The van der Waals surface area contributed by atoms with Gasteiger partial charge in [0.1, 0.15) is 12.2 Å². The molecule has 0 fully saturated rings. The lowest BCUT2D eigenvalue weighted by Gasteiger charge is -2.22. The van der Waals surface area contributed by atoms with Crippen molar-refractivity contribution in [1.29, 1.82) is 0 Å². The third-order valence-corrected chi connectivity index (χ3v) is 4.95. The zero-order valence-corrected chi connectivity index (χ0v) is 13.5. The smallest absolute Gasteiger partial charge is 0.200 e. The maximum Gasteiger partial charge on any atom is 0.200 e. The van der Waals surface area contributed by atoms with Crippen molar-refractivity contribution in [3.63, 3.8) is 0 Å². The van der Waals surface area contributed by atoms with E-state index in [4.69, 9.17) is 9.47 Å². The van der Waals surface area contributed by atoms with Crippen LogP contribution in [0.15, 0.2) is 6.07 Å². The van der Waals surface area contributed by atoms with Gasteiger partial charge in [-0.15, -0.1) is 0 Å². The molecule has 2 aliphatic heterocycles. The molecule has 138 valence electrons. The predicted molar refractivity (Wildman–Crippen MR) is 83.9 cm³/mol. The zero-order valence-electron chi connectivity index (χ0n) is 13.5. The molecule has 0 unspecified atom stereocenters. The Bertz CT molecular complexity index is 937. The fourth-order valence-corrected chi connectivity index (χ4v) is 3.58. The minimum Gasteiger partial charge on any atom is -0.504 e. The number of ether oxygens (including phenoxy) is 2. The Morgan fingerprint density at radius 2 is 1.50 bits per heavy atom. The first-order chi connectivity index (χ1) is 12.2. The minimum atomic E-state index is -1.51. The summed E-state index contributed by atoms with van der Waals surface area (Å²) in [4.78, 5) is 0. The molecule has 26 heavy (non-hydrogen) atoms. The molecule has 2 aromatic carbocycles. The molecule has 2 aliphatic rings. The zero-order chi connectivity index (χ0) is 18.9. The first-order valence-corrected chi connectivity index (χ1v) is 7.73. The number of aliphatic hydroxyl groups is 1. The van der Waals surface area contributed by atoms with Crippen LogP contribution in [-0.2, 0) is 16.1 Å². The molecule has 0 saturated carbocycles. The highest BCUT2D eigenvalue weighted by Crippen LogP contribution is 2.59. The standard InChI is InChI=1S/C17H16O9/c1-4-6-3-25-15(9(6)13(22)14(23)10(4)19)16-8-5(17(24)26-16)2-7(18)11(20)12(8)21/h2,15-24H,3H2,1H3/t15-,16+,17+/m1/s1. The molecule has 0 bridgehead atoms. The molecule has 2 aromatic rings. The monoisotopic (exact) mass is 364 g/mol. The molecule has 0 aliphatic carbocycles. The van der Waals surface area contributed by atoms with Crippen LogP contribution in [0.25, 0.3) is 0 Å². The van der Waals surface area contributed by atoms with E-state index in [9.17, 15) is 35.7 Å². The summed E-state index contributed by atoms with van der Waals surface area (Å²) in [5, 5.41) is 69.8. The lowest BCUT2D eigenvalue weighted by Crippen LogP contribution is -2.10. The van der Waals surface area contributed by atoms with Crippen LogP contribution in [0.1, 0.15) is 46.3 Å². The summed E-state index contributed by atoms with van der Waals surface area (Å²) in [6.45, 7) is 1.53. The van der Waals surface area contributed by atoms with Gasteiger partial charge in [-0.25, -0.2) is 0 Å². The largest absolute Gasteiger partial charge is 0.504 e. The third-order valence-electron chi connectivity index (χ3n) is 4.95. The lowest BCUT2D eigenvalue weighted by molar-refractivity contribution is -0.161. The molecule has 0 radical (unpaired) electrons. The van der Waals surface area contributed by atoms with Crippen LogP contribution in [0, 0.1) is 6.92 Å². The van der Waals surface area contributed by atoms with Crippen molar-refractivity contribution in [1.82, 2.24) is 0 Å². The molecular formula is C17H16O9. The molecule has 2 heterocycles. The van der Waals surface area contributed by atoms with E-state index < -0.39 is 53.0 Å². The van der Waals surface area contributed by atoms with E-state index in [1.54, 1.807) is 6.92 Å². The molecule has 0 saturated heterocycles. The van der Waals surface area contributed by atoms with E-state index in [0.29, 0.717) is 11.1 Å². The molecule has 9 nitrogen and oxygen atoms in total. The van der Waals surface area contributed by atoms with Gasteiger partial charge in [0.2, 0.25) is 11.5 Å². The molecule has 3 atom stereocenters. The van der Waals surface area contributed by atoms with Crippen LogP contribution in [-0.4, -0.2) is 35.7 Å². The van der Waals surface area contributed by atoms with Crippen LogP contribution in [0.5, 0.6) is 34.5 Å². The Morgan fingerprint density at radius 3 is 2.19 bits per heavy atom. The number of hydrogen-bond acceptors (Lipinski definition) is 9. The van der Waals surface area contributed by atoms with Gasteiger partial charge in [0, 0.05) is 22.3 Å². The summed E-state index contributed by atoms with van der Waals surface area (Å²) < 4.78 is 11.1. The normalized spacial score (nSPS) is 23.8. The molecule has 9 heteroatoms. The molecular weight excluding hydrogens is 348 g/mol. The maximum absolute atomic E-state index is 10.3. The number of rotatable bonds is 1. The second-order valence-electron chi connectivity index (χ2n) is 6.30. The number of benzene rings is 2. The van der Waals surface area contributed by atoms with Crippen LogP contribution in [0.3, 0.4) is 0 Å². The average molecular weight is 364 g/mol. The number of phenols is 6.